The molecule has 2 heteroatoms. The lowest BCUT2D eigenvalue weighted by Gasteiger charge is -2.61. The van der Waals surface area contributed by atoms with Gasteiger partial charge in [-0.15, -0.1) is 0 Å². The normalized spacial score (nSPS) is 47.3. The Balaban J connectivity index is 1.26. The SMILES string of the molecule is C=C1C=C2C34CCC5CC=CC6(C1C6(C)C)C25CC=CC3CC(CC(CO)CC1=CCN=C1)C4. The fourth-order valence-corrected chi connectivity index (χ4v) is 11.0. The van der Waals surface area contributed by atoms with Crippen molar-refractivity contribution in [2.45, 2.75) is 65.2 Å². The molecule has 8 atom stereocenters. The van der Waals surface area contributed by atoms with Gasteiger partial charge < -0.3 is 5.11 Å². The second-order valence-electron chi connectivity index (χ2n) is 13.5. The summed E-state index contributed by atoms with van der Waals surface area (Å²) in [5, 5.41) is 10.2. The van der Waals surface area contributed by atoms with Gasteiger partial charge in [-0.2, -0.15) is 0 Å². The van der Waals surface area contributed by atoms with Crippen LogP contribution in [0.15, 0.2) is 64.7 Å². The van der Waals surface area contributed by atoms with E-state index in [1.165, 1.54) is 49.7 Å². The quantitative estimate of drug-likeness (QED) is 0.452. The van der Waals surface area contributed by atoms with E-state index >= 15 is 0 Å². The average molecular weight is 456 g/mol. The number of aliphatic hydroxyl groups excluding tert-OH is 1. The number of rotatable bonds is 5. The van der Waals surface area contributed by atoms with Crippen LogP contribution in [-0.2, 0) is 0 Å². The van der Waals surface area contributed by atoms with Crippen LogP contribution < -0.4 is 0 Å². The highest BCUT2D eigenvalue weighted by molar-refractivity contribution is 5.80. The summed E-state index contributed by atoms with van der Waals surface area (Å²) >= 11 is 0. The lowest BCUT2D eigenvalue weighted by atomic mass is 9.42. The summed E-state index contributed by atoms with van der Waals surface area (Å²) < 4.78 is 0. The molecule has 1 aliphatic heterocycles. The summed E-state index contributed by atoms with van der Waals surface area (Å²) in [6.45, 7) is 10.9. The Bertz CT molecular complexity index is 1090. The van der Waals surface area contributed by atoms with Gasteiger partial charge in [0, 0.05) is 23.7 Å². The van der Waals surface area contributed by atoms with E-state index in [0.29, 0.717) is 46.5 Å². The van der Waals surface area contributed by atoms with Crippen LogP contribution in [0, 0.1) is 51.2 Å². The van der Waals surface area contributed by atoms with Gasteiger partial charge in [0.25, 0.3) is 0 Å². The van der Waals surface area contributed by atoms with Gasteiger partial charge in [-0.25, -0.2) is 0 Å². The Morgan fingerprint density at radius 3 is 2.94 bits per heavy atom. The number of nitrogens with zero attached hydrogens (tertiary/aromatic N) is 1. The standard InChI is InChI=1S/C32H41NO/c1-21-14-27-30-12-8-25-6-5-11-32(28(21)29(32,2)3)31(25,27)10-4-7-26(30)17-23(18-30)16-24(20-34)15-22-9-13-33-19-22/h4-5,7,9,11,14,19,23-26,28,34H,1,6,8,10,12-13,15-18,20H2,2-3H3. The molecular weight excluding hydrogens is 414 g/mol. The monoisotopic (exact) mass is 455 g/mol. The third-order valence-electron chi connectivity index (χ3n) is 12.0. The number of aliphatic imine (C=N–C) groups is 1. The van der Waals surface area contributed by atoms with Crippen molar-refractivity contribution in [2.75, 3.05) is 13.2 Å². The molecule has 0 saturated heterocycles. The van der Waals surface area contributed by atoms with Crippen molar-refractivity contribution >= 4 is 6.21 Å². The molecule has 0 aromatic rings. The Morgan fingerprint density at radius 2 is 2.15 bits per heavy atom. The average Bonchev–Trinajstić information content (AvgIpc) is 3.17. The van der Waals surface area contributed by atoms with Gasteiger partial charge in [-0.1, -0.05) is 68.0 Å². The van der Waals surface area contributed by atoms with Gasteiger partial charge in [0.05, 0.1) is 6.54 Å². The molecule has 3 saturated carbocycles. The highest BCUT2D eigenvalue weighted by Crippen LogP contribution is 2.89. The summed E-state index contributed by atoms with van der Waals surface area (Å²) in [6.07, 6.45) is 27.3. The largest absolute Gasteiger partial charge is 0.396 e. The number of aliphatic hydroxyl groups is 1. The Labute approximate surface area is 205 Å². The van der Waals surface area contributed by atoms with Crippen molar-refractivity contribution in [1.82, 2.24) is 0 Å². The van der Waals surface area contributed by atoms with Crippen LogP contribution >= 0.6 is 0 Å². The van der Waals surface area contributed by atoms with Crippen molar-refractivity contribution in [3.63, 3.8) is 0 Å². The molecule has 34 heavy (non-hydrogen) atoms. The minimum Gasteiger partial charge on any atom is -0.396 e. The van der Waals surface area contributed by atoms with Crippen LogP contribution in [0.3, 0.4) is 0 Å². The van der Waals surface area contributed by atoms with Gasteiger partial charge in [0.1, 0.15) is 0 Å². The molecule has 0 amide bonds. The van der Waals surface area contributed by atoms with Crippen LogP contribution in [0.1, 0.15) is 65.2 Å². The Morgan fingerprint density at radius 1 is 1.26 bits per heavy atom. The van der Waals surface area contributed by atoms with Gasteiger partial charge in [0.2, 0.25) is 0 Å². The minimum absolute atomic E-state index is 0.275. The Hall–Kier alpha value is -1.67. The van der Waals surface area contributed by atoms with E-state index in [1.807, 2.05) is 11.8 Å². The van der Waals surface area contributed by atoms with E-state index < -0.39 is 0 Å². The first kappa shape index (κ1) is 21.6. The molecule has 3 spiro atoms. The third-order valence-corrected chi connectivity index (χ3v) is 12.0. The maximum absolute atomic E-state index is 10.2. The lowest BCUT2D eigenvalue weighted by Crippen LogP contribution is -2.53. The maximum atomic E-state index is 10.2. The van der Waals surface area contributed by atoms with Crippen LogP contribution in [0.2, 0.25) is 0 Å². The second kappa shape index (κ2) is 6.96. The smallest absolute Gasteiger partial charge is 0.0576 e. The third kappa shape index (κ3) is 2.40. The zero-order valence-electron chi connectivity index (χ0n) is 21.1. The zero-order chi connectivity index (χ0) is 23.3. The number of hydrogen-bond acceptors (Lipinski definition) is 2. The fourth-order valence-electron chi connectivity index (χ4n) is 11.0. The van der Waals surface area contributed by atoms with Crippen molar-refractivity contribution in [2.24, 2.45) is 56.2 Å². The maximum Gasteiger partial charge on any atom is 0.0576 e. The molecule has 0 aromatic carbocycles. The molecule has 1 heterocycles. The van der Waals surface area contributed by atoms with E-state index in [-0.39, 0.29) is 5.41 Å². The molecule has 0 radical (unpaired) electrons. The van der Waals surface area contributed by atoms with Crippen LogP contribution in [0.5, 0.6) is 0 Å². The van der Waals surface area contributed by atoms with Crippen molar-refractivity contribution < 1.29 is 5.11 Å². The highest BCUT2D eigenvalue weighted by Gasteiger charge is 2.83. The predicted octanol–water partition coefficient (Wildman–Crippen LogP) is 6.85. The molecule has 2 nitrogen and oxygen atoms in total. The molecule has 6 aliphatic carbocycles. The van der Waals surface area contributed by atoms with Crippen LogP contribution in [0.4, 0.5) is 0 Å². The highest BCUT2D eigenvalue weighted by atomic mass is 16.3. The molecular formula is C32H41NO. The van der Waals surface area contributed by atoms with Crippen LogP contribution in [-0.4, -0.2) is 24.5 Å². The van der Waals surface area contributed by atoms with E-state index in [2.05, 4.69) is 61.9 Å². The van der Waals surface area contributed by atoms with E-state index in [0.717, 1.165) is 25.3 Å². The molecule has 3 fully saturated rings. The molecule has 7 aliphatic rings. The first-order chi connectivity index (χ1) is 16.4. The van der Waals surface area contributed by atoms with E-state index in [4.69, 9.17) is 0 Å². The minimum atomic E-state index is 0.275. The van der Waals surface area contributed by atoms with Gasteiger partial charge in [0.15, 0.2) is 0 Å². The molecule has 1 N–H and O–H groups in total. The summed E-state index contributed by atoms with van der Waals surface area (Å²) in [5.41, 5.74) is 5.75. The van der Waals surface area contributed by atoms with Gasteiger partial charge in [-0.05, 0) is 97.4 Å². The van der Waals surface area contributed by atoms with Gasteiger partial charge in [-0.3, -0.25) is 4.99 Å². The van der Waals surface area contributed by atoms with Crippen molar-refractivity contribution in [3.8, 4) is 0 Å². The lowest BCUT2D eigenvalue weighted by molar-refractivity contribution is 0.00296. The summed E-state index contributed by atoms with van der Waals surface area (Å²) in [7, 11) is 0. The number of allylic oxidation sites excluding steroid dienone is 8. The summed E-state index contributed by atoms with van der Waals surface area (Å²) in [4.78, 5) is 4.37. The first-order valence-electron chi connectivity index (χ1n) is 13.9. The molecule has 180 valence electrons. The molecule has 7 rings (SSSR count). The fraction of sp³-hybridized carbons (Fsp3) is 0.656. The van der Waals surface area contributed by atoms with E-state index in [9.17, 15) is 5.11 Å². The molecule has 8 unspecified atom stereocenters. The summed E-state index contributed by atoms with van der Waals surface area (Å²) in [5.74, 6) is 3.12. The number of hydrogen-bond donors (Lipinski definition) is 1. The topological polar surface area (TPSA) is 32.6 Å². The second-order valence-corrected chi connectivity index (χ2v) is 13.5. The molecule has 0 aromatic heterocycles. The van der Waals surface area contributed by atoms with Crippen molar-refractivity contribution in [1.29, 1.82) is 0 Å². The van der Waals surface area contributed by atoms with Crippen LogP contribution in [0.25, 0.3) is 0 Å². The Kier molecular flexibility index (Phi) is 4.42. The summed E-state index contributed by atoms with van der Waals surface area (Å²) in [6, 6.07) is 0. The molecule has 2 bridgehead atoms. The van der Waals surface area contributed by atoms with E-state index in [1.54, 1.807) is 0 Å². The zero-order valence-corrected chi connectivity index (χ0v) is 21.1. The van der Waals surface area contributed by atoms with Gasteiger partial charge >= 0.3 is 0 Å². The van der Waals surface area contributed by atoms with Crippen molar-refractivity contribution in [3.05, 3.63) is 59.8 Å². The first-order valence-corrected chi connectivity index (χ1v) is 13.9. The predicted molar refractivity (Wildman–Crippen MR) is 139 cm³/mol.